The first kappa shape index (κ1) is 12.3. The van der Waals surface area contributed by atoms with Gasteiger partial charge < -0.3 is 13.9 Å². The van der Waals surface area contributed by atoms with Crippen molar-refractivity contribution in [1.82, 2.24) is 4.98 Å². The van der Waals surface area contributed by atoms with Crippen molar-refractivity contribution in [3.63, 3.8) is 0 Å². The van der Waals surface area contributed by atoms with Crippen molar-refractivity contribution in [3.8, 4) is 17.6 Å². The molecule has 0 saturated carbocycles. The largest absolute Gasteiger partial charge is 0.483 e. The fraction of sp³-hybridized carbons (Fsp3) is 0.235. The van der Waals surface area contributed by atoms with Gasteiger partial charge in [-0.15, -0.1) is 0 Å². The van der Waals surface area contributed by atoms with Crippen LogP contribution in [-0.4, -0.2) is 10.6 Å². The Morgan fingerprint density at radius 1 is 1.10 bits per heavy atom. The molecule has 0 unspecified atom stereocenters. The molecule has 0 saturated heterocycles. The molecule has 21 heavy (non-hydrogen) atoms. The number of ether oxygens (including phenoxy) is 2. The normalized spacial score (nSPS) is 15.7. The van der Waals surface area contributed by atoms with Crippen molar-refractivity contribution in [2.24, 2.45) is 0 Å². The number of rotatable bonds is 2. The molecule has 1 aliphatic rings. The quantitative estimate of drug-likeness (QED) is 0.701. The van der Waals surface area contributed by atoms with Gasteiger partial charge >= 0.3 is 6.08 Å². The van der Waals surface area contributed by atoms with Crippen LogP contribution in [0.1, 0.15) is 19.4 Å². The summed E-state index contributed by atoms with van der Waals surface area (Å²) in [6.07, 6.45) is 1.10. The Bertz CT molecular complexity index is 787. The van der Waals surface area contributed by atoms with E-state index < -0.39 is 0 Å². The Morgan fingerprint density at radius 2 is 1.95 bits per heavy atom. The molecule has 0 aliphatic carbocycles. The molecule has 0 spiro atoms. The van der Waals surface area contributed by atoms with Crippen molar-refractivity contribution in [3.05, 3.63) is 48.0 Å². The van der Waals surface area contributed by atoms with E-state index in [1.807, 2.05) is 36.4 Å². The minimum absolute atomic E-state index is 0.205. The maximum Gasteiger partial charge on any atom is 0.400 e. The lowest BCUT2D eigenvalue weighted by Gasteiger charge is -2.17. The number of aromatic nitrogens is 1. The Hall–Kier alpha value is -2.49. The van der Waals surface area contributed by atoms with Gasteiger partial charge in [0.15, 0.2) is 17.1 Å². The molecule has 3 aromatic rings. The van der Waals surface area contributed by atoms with Gasteiger partial charge in [-0.3, -0.25) is 0 Å². The van der Waals surface area contributed by atoms with Crippen molar-refractivity contribution in [2.45, 2.75) is 25.9 Å². The Kier molecular flexibility index (Phi) is 2.48. The van der Waals surface area contributed by atoms with Crippen LogP contribution >= 0.6 is 0 Å². The van der Waals surface area contributed by atoms with Crippen molar-refractivity contribution in [1.29, 1.82) is 0 Å². The van der Waals surface area contributed by atoms with Gasteiger partial charge in [0.1, 0.15) is 11.1 Å². The van der Waals surface area contributed by atoms with Gasteiger partial charge in [0.25, 0.3) is 0 Å². The summed E-state index contributed by atoms with van der Waals surface area (Å²) in [5.74, 6) is 1.43. The lowest BCUT2D eigenvalue weighted by atomic mass is 10.0. The second kappa shape index (κ2) is 4.25. The van der Waals surface area contributed by atoms with Gasteiger partial charge in [0, 0.05) is 12.0 Å². The summed E-state index contributed by atoms with van der Waals surface area (Å²) in [6.45, 7) is 4.13. The van der Waals surface area contributed by atoms with Crippen molar-refractivity contribution in [2.75, 3.05) is 0 Å². The average Bonchev–Trinajstić information content (AvgIpc) is 2.97. The minimum Gasteiger partial charge on any atom is -0.483 e. The fourth-order valence-electron chi connectivity index (χ4n) is 2.66. The first-order valence-electron chi connectivity index (χ1n) is 6.95. The zero-order chi connectivity index (χ0) is 14.4. The third-order valence-electron chi connectivity index (χ3n) is 3.53. The zero-order valence-electron chi connectivity index (χ0n) is 11.9. The molecule has 1 aromatic heterocycles. The maximum atomic E-state index is 5.98. The van der Waals surface area contributed by atoms with Crippen LogP contribution in [0.5, 0.6) is 17.6 Å². The van der Waals surface area contributed by atoms with Gasteiger partial charge in [0.05, 0.1) is 0 Å². The summed E-state index contributed by atoms with van der Waals surface area (Å²) >= 11 is 0. The van der Waals surface area contributed by atoms with E-state index in [4.69, 9.17) is 13.9 Å². The third-order valence-corrected chi connectivity index (χ3v) is 3.53. The summed E-state index contributed by atoms with van der Waals surface area (Å²) in [4.78, 5) is 4.33. The molecule has 1 aliphatic heterocycles. The summed E-state index contributed by atoms with van der Waals surface area (Å²) < 4.78 is 17.4. The van der Waals surface area contributed by atoms with E-state index in [0.29, 0.717) is 11.3 Å². The van der Waals surface area contributed by atoms with E-state index in [-0.39, 0.29) is 11.7 Å². The van der Waals surface area contributed by atoms with Crippen LogP contribution in [0.25, 0.3) is 11.1 Å². The van der Waals surface area contributed by atoms with Gasteiger partial charge in [-0.2, -0.15) is 4.98 Å². The molecule has 0 radical (unpaired) electrons. The van der Waals surface area contributed by atoms with Crippen LogP contribution < -0.4 is 9.47 Å². The minimum atomic E-state index is -0.205. The van der Waals surface area contributed by atoms with E-state index in [1.165, 1.54) is 0 Å². The molecular formula is C17H15NO3. The number of hydrogen-bond donors (Lipinski definition) is 0. The highest BCUT2D eigenvalue weighted by Gasteiger charge is 2.32. The summed E-state index contributed by atoms with van der Waals surface area (Å²) in [5.41, 5.74) is 2.43. The van der Waals surface area contributed by atoms with Crippen LogP contribution in [0.15, 0.2) is 46.9 Å². The van der Waals surface area contributed by atoms with Gasteiger partial charge in [-0.1, -0.05) is 24.3 Å². The molecule has 4 rings (SSSR count). The molecule has 0 fully saturated rings. The average molecular weight is 281 g/mol. The molecule has 2 heterocycles. The second-order valence-electron chi connectivity index (χ2n) is 5.83. The van der Waals surface area contributed by atoms with Crippen LogP contribution in [0, 0.1) is 0 Å². The Labute approximate surface area is 122 Å². The lowest BCUT2D eigenvalue weighted by molar-refractivity contribution is 0.134. The van der Waals surface area contributed by atoms with E-state index in [1.54, 1.807) is 0 Å². The topological polar surface area (TPSA) is 44.5 Å². The number of para-hydroxylation sites is 3. The molecule has 106 valence electrons. The SMILES string of the molecule is CC1(C)Cc2cccc(Oc3nc4ccccc4o3)c2O1. The van der Waals surface area contributed by atoms with Crippen molar-refractivity contribution >= 4 is 11.1 Å². The second-order valence-corrected chi connectivity index (χ2v) is 5.83. The summed E-state index contributed by atoms with van der Waals surface area (Å²) in [7, 11) is 0. The highest BCUT2D eigenvalue weighted by atomic mass is 16.6. The highest BCUT2D eigenvalue weighted by Crippen LogP contribution is 2.43. The lowest BCUT2D eigenvalue weighted by Crippen LogP contribution is -2.24. The van der Waals surface area contributed by atoms with E-state index in [9.17, 15) is 0 Å². The molecule has 2 aromatic carbocycles. The molecule has 0 bridgehead atoms. The molecule has 0 N–H and O–H groups in total. The standard InChI is InChI=1S/C17H15NO3/c1-17(2)10-11-6-5-9-14(15(11)21-17)20-16-18-12-7-3-4-8-13(12)19-16/h3-9H,10H2,1-2H3. The fourth-order valence-corrected chi connectivity index (χ4v) is 2.66. The summed E-state index contributed by atoms with van der Waals surface area (Å²) in [5, 5.41) is 0. The Balaban J connectivity index is 1.71. The van der Waals surface area contributed by atoms with Gasteiger partial charge in [-0.25, -0.2) is 0 Å². The van der Waals surface area contributed by atoms with Crippen LogP contribution in [0.4, 0.5) is 0 Å². The number of fused-ring (bicyclic) bond motifs is 2. The zero-order valence-corrected chi connectivity index (χ0v) is 11.9. The predicted octanol–water partition coefficient (Wildman–Crippen LogP) is 4.33. The third kappa shape index (κ3) is 2.13. The number of oxazole rings is 1. The predicted molar refractivity (Wildman–Crippen MR) is 78.9 cm³/mol. The summed E-state index contributed by atoms with van der Waals surface area (Å²) in [6, 6.07) is 13.5. The van der Waals surface area contributed by atoms with Crippen LogP contribution in [0.3, 0.4) is 0 Å². The number of benzene rings is 2. The highest BCUT2D eigenvalue weighted by molar-refractivity contribution is 5.72. The van der Waals surface area contributed by atoms with E-state index in [2.05, 4.69) is 24.9 Å². The number of nitrogens with zero attached hydrogens (tertiary/aromatic N) is 1. The van der Waals surface area contributed by atoms with Crippen LogP contribution in [0.2, 0.25) is 0 Å². The molecular weight excluding hydrogens is 266 g/mol. The first-order valence-corrected chi connectivity index (χ1v) is 6.95. The molecule has 0 atom stereocenters. The maximum absolute atomic E-state index is 5.98. The van der Waals surface area contributed by atoms with E-state index >= 15 is 0 Å². The van der Waals surface area contributed by atoms with Crippen LogP contribution in [-0.2, 0) is 6.42 Å². The van der Waals surface area contributed by atoms with Gasteiger partial charge in [-0.05, 0) is 32.0 Å². The smallest absolute Gasteiger partial charge is 0.400 e. The van der Waals surface area contributed by atoms with Crippen molar-refractivity contribution < 1.29 is 13.9 Å². The Morgan fingerprint density at radius 3 is 2.81 bits per heavy atom. The monoisotopic (exact) mass is 281 g/mol. The van der Waals surface area contributed by atoms with Gasteiger partial charge in [0.2, 0.25) is 0 Å². The molecule has 4 nitrogen and oxygen atoms in total. The number of hydrogen-bond acceptors (Lipinski definition) is 4. The van der Waals surface area contributed by atoms with E-state index in [0.717, 1.165) is 23.3 Å². The molecule has 4 heteroatoms. The molecule has 0 amide bonds. The first-order chi connectivity index (χ1) is 10.1.